The Kier molecular flexibility index (Phi) is 5.49. The normalized spacial score (nSPS) is 23.3. The first kappa shape index (κ1) is 14.6. The highest BCUT2D eigenvalue weighted by Crippen LogP contribution is 2.25. The molecule has 0 bridgehead atoms. The number of ether oxygens (including phenoxy) is 1. The van der Waals surface area contributed by atoms with Crippen LogP contribution in [0.1, 0.15) is 31.2 Å². The summed E-state index contributed by atoms with van der Waals surface area (Å²) in [4.78, 5) is 0. The lowest BCUT2D eigenvalue weighted by atomic mass is 9.93. The highest BCUT2D eigenvalue weighted by atomic mass is 35.5. The van der Waals surface area contributed by atoms with E-state index in [-0.39, 0.29) is 6.10 Å². The zero-order chi connectivity index (χ0) is 13.7. The zero-order valence-electron chi connectivity index (χ0n) is 11.4. The first-order chi connectivity index (χ1) is 9.15. The van der Waals surface area contributed by atoms with Crippen molar-refractivity contribution in [2.45, 2.75) is 44.8 Å². The quantitative estimate of drug-likeness (QED) is 0.817. The third-order valence-corrected chi connectivity index (χ3v) is 3.89. The molecule has 2 N–H and O–H groups in total. The summed E-state index contributed by atoms with van der Waals surface area (Å²) >= 11 is 6.07. The number of nitrogens with one attached hydrogen (secondary N) is 1. The summed E-state index contributed by atoms with van der Waals surface area (Å²) in [6.07, 6.45) is 3.81. The lowest BCUT2D eigenvalue weighted by Gasteiger charge is -2.26. The molecule has 0 amide bonds. The van der Waals surface area contributed by atoms with Crippen LogP contribution in [0.2, 0.25) is 5.02 Å². The van der Waals surface area contributed by atoms with Gasteiger partial charge in [-0.25, -0.2) is 0 Å². The van der Waals surface area contributed by atoms with Crippen molar-refractivity contribution < 1.29 is 9.84 Å². The van der Waals surface area contributed by atoms with Crippen molar-refractivity contribution in [3.63, 3.8) is 0 Å². The van der Waals surface area contributed by atoms with Crippen molar-refractivity contribution in [1.82, 2.24) is 5.32 Å². The first-order valence-corrected chi connectivity index (χ1v) is 7.33. The van der Waals surface area contributed by atoms with Crippen LogP contribution in [0.4, 0.5) is 0 Å². The summed E-state index contributed by atoms with van der Waals surface area (Å²) < 4.78 is 5.69. The van der Waals surface area contributed by atoms with E-state index in [1.807, 2.05) is 25.1 Å². The van der Waals surface area contributed by atoms with Crippen molar-refractivity contribution in [2.75, 3.05) is 13.2 Å². The highest BCUT2D eigenvalue weighted by molar-refractivity contribution is 6.32. The lowest BCUT2D eigenvalue weighted by molar-refractivity contribution is 0.116. The van der Waals surface area contributed by atoms with E-state index in [9.17, 15) is 5.11 Å². The summed E-state index contributed by atoms with van der Waals surface area (Å²) in [6, 6.07) is 6.31. The molecule has 106 valence electrons. The SMILES string of the molecule is Cc1ccc(Cl)c(OCCNC2CCC(O)CC2)c1. The topological polar surface area (TPSA) is 41.5 Å². The second kappa shape index (κ2) is 7.13. The molecular weight excluding hydrogens is 262 g/mol. The Morgan fingerprint density at radius 3 is 2.79 bits per heavy atom. The van der Waals surface area contributed by atoms with Gasteiger partial charge in [0.05, 0.1) is 11.1 Å². The van der Waals surface area contributed by atoms with Gasteiger partial charge in [-0.2, -0.15) is 0 Å². The fourth-order valence-corrected chi connectivity index (χ4v) is 2.60. The number of hydrogen-bond acceptors (Lipinski definition) is 3. The number of benzene rings is 1. The van der Waals surface area contributed by atoms with Crippen molar-refractivity contribution in [1.29, 1.82) is 0 Å². The maximum absolute atomic E-state index is 9.44. The fraction of sp³-hybridized carbons (Fsp3) is 0.600. The van der Waals surface area contributed by atoms with E-state index in [1.54, 1.807) is 0 Å². The molecule has 0 unspecified atom stereocenters. The van der Waals surface area contributed by atoms with Gasteiger partial charge in [0.1, 0.15) is 12.4 Å². The van der Waals surface area contributed by atoms with Crippen molar-refractivity contribution in [2.24, 2.45) is 0 Å². The number of hydrogen-bond donors (Lipinski definition) is 2. The van der Waals surface area contributed by atoms with Gasteiger partial charge in [0.25, 0.3) is 0 Å². The van der Waals surface area contributed by atoms with Crippen molar-refractivity contribution >= 4 is 11.6 Å². The molecule has 0 aliphatic heterocycles. The zero-order valence-corrected chi connectivity index (χ0v) is 12.1. The minimum atomic E-state index is -0.0969. The van der Waals surface area contributed by atoms with Crippen molar-refractivity contribution in [3.05, 3.63) is 28.8 Å². The number of aryl methyl sites for hydroxylation is 1. The monoisotopic (exact) mass is 283 g/mol. The van der Waals surface area contributed by atoms with Crippen LogP contribution in [-0.2, 0) is 0 Å². The molecule has 1 aliphatic rings. The fourth-order valence-electron chi connectivity index (χ4n) is 2.43. The number of aliphatic hydroxyl groups excluding tert-OH is 1. The largest absolute Gasteiger partial charge is 0.491 e. The Labute approximate surface area is 119 Å². The minimum absolute atomic E-state index is 0.0969. The predicted molar refractivity (Wildman–Crippen MR) is 77.9 cm³/mol. The molecule has 1 aliphatic carbocycles. The Bertz CT molecular complexity index is 403. The van der Waals surface area contributed by atoms with Crippen LogP contribution in [0.25, 0.3) is 0 Å². The third kappa shape index (κ3) is 4.68. The van der Waals surface area contributed by atoms with Gasteiger partial charge < -0.3 is 15.2 Å². The molecule has 1 aromatic carbocycles. The molecule has 2 rings (SSSR count). The van der Waals surface area contributed by atoms with Crippen LogP contribution < -0.4 is 10.1 Å². The van der Waals surface area contributed by atoms with E-state index in [0.29, 0.717) is 17.7 Å². The Morgan fingerprint density at radius 2 is 2.05 bits per heavy atom. The Morgan fingerprint density at radius 1 is 1.32 bits per heavy atom. The average Bonchev–Trinajstić information content (AvgIpc) is 2.40. The van der Waals surface area contributed by atoms with Gasteiger partial charge in [0, 0.05) is 12.6 Å². The van der Waals surface area contributed by atoms with E-state index < -0.39 is 0 Å². The molecule has 4 heteroatoms. The number of rotatable bonds is 5. The maximum atomic E-state index is 9.44. The number of aliphatic hydroxyl groups is 1. The molecule has 0 spiro atoms. The van der Waals surface area contributed by atoms with Crippen LogP contribution >= 0.6 is 11.6 Å². The van der Waals surface area contributed by atoms with E-state index in [2.05, 4.69) is 5.32 Å². The molecule has 0 radical (unpaired) electrons. The van der Waals surface area contributed by atoms with Gasteiger partial charge in [0.2, 0.25) is 0 Å². The van der Waals surface area contributed by atoms with Crippen LogP contribution in [-0.4, -0.2) is 30.4 Å². The third-order valence-electron chi connectivity index (χ3n) is 3.58. The maximum Gasteiger partial charge on any atom is 0.138 e. The van der Waals surface area contributed by atoms with Crippen molar-refractivity contribution in [3.8, 4) is 5.75 Å². The van der Waals surface area contributed by atoms with E-state index >= 15 is 0 Å². The molecule has 1 fully saturated rings. The van der Waals surface area contributed by atoms with Crippen LogP contribution in [0.15, 0.2) is 18.2 Å². The standard InChI is InChI=1S/C15H22ClNO2/c1-11-2-7-14(16)15(10-11)19-9-8-17-12-3-5-13(18)6-4-12/h2,7,10,12-13,17-18H,3-6,8-9H2,1H3. The summed E-state index contributed by atoms with van der Waals surface area (Å²) in [5.74, 6) is 0.752. The van der Waals surface area contributed by atoms with E-state index in [4.69, 9.17) is 16.3 Å². The molecule has 3 nitrogen and oxygen atoms in total. The molecule has 0 atom stereocenters. The van der Waals surface area contributed by atoms with Gasteiger partial charge in [-0.05, 0) is 50.3 Å². The molecular formula is C15H22ClNO2. The van der Waals surface area contributed by atoms with E-state index in [1.165, 1.54) is 0 Å². The average molecular weight is 284 g/mol. The van der Waals surface area contributed by atoms with Crippen LogP contribution in [0.5, 0.6) is 5.75 Å². The van der Waals surface area contributed by atoms with Gasteiger partial charge in [0.15, 0.2) is 0 Å². The molecule has 1 saturated carbocycles. The molecule has 0 saturated heterocycles. The lowest BCUT2D eigenvalue weighted by Crippen LogP contribution is -2.36. The van der Waals surface area contributed by atoms with Gasteiger partial charge >= 0.3 is 0 Å². The highest BCUT2D eigenvalue weighted by Gasteiger charge is 2.18. The summed E-state index contributed by atoms with van der Waals surface area (Å²) in [6.45, 7) is 3.45. The van der Waals surface area contributed by atoms with Crippen LogP contribution in [0, 0.1) is 6.92 Å². The summed E-state index contributed by atoms with van der Waals surface area (Å²) in [7, 11) is 0. The second-order valence-electron chi connectivity index (χ2n) is 5.24. The van der Waals surface area contributed by atoms with Gasteiger partial charge in [-0.3, -0.25) is 0 Å². The van der Waals surface area contributed by atoms with Gasteiger partial charge in [-0.1, -0.05) is 17.7 Å². The summed E-state index contributed by atoms with van der Waals surface area (Å²) in [5, 5.41) is 13.6. The Balaban J connectivity index is 1.68. The molecule has 0 heterocycles. The van der Waals surface area contributed by atoms with Crippen LogP contribution in [0.3, 0.4) is 0 Å². The molecule has 0 aromatic heterocycles. The summed E-state index contributed by atoms with van der Waals surface area (Å²) in [5.41, 5.74) is 1.15. The second-order valence-corrected chi connectivity index (χ2v) is 5.65. The predicted octanol–water partition coefficient (Wildman–Crippen LogP) is 2.92. The number of halogens is 1. The molecule has 1 aromatic rings. The first-order valence-electron chi connectivity index (χ1n) is 6.95. The van der Waals surface area contributed by atoms with E-state index in [0.717, 1.165) is 43.5 Å². The molecule has 19 heavy (non-hydrogen) atoms. The minimum Gasteiger partial charge on any atom is -0.491 e. The van der Waals surface area contributed by atoms with Gasteiger partial charge in [-0.15, -0.1) is 0 Å². The smallest absolute Gasteiger partial charge is 0.138 e. The Hall–Kier alpha value is -0.770.